The lowest BCUT2D eigenvalue weighted by atomic mass is 9.97. The Morgan fingerprint density at radius 1 is 1.15 bits per heavy atom. The molecule has 1 aromatic rings. The molecule has 1 unspecified atom stereocenters. The average molecular weight is 277 g/mol. The van der Waals surface area contributed by atoms with Gasteiger partial charge in [-0.1, -0.05) is 30.3 Å². The standard InChI is InChI=1S/C15H19NO4/c1-10(17)12(16-15(2,3)14(19)20-4)13(18)11-8-6-5-7-9-11/h5-9,12,16H,1-4H3. The number of Topliss-reactive ketones (excluding diaryl/α,β-unsaturated/α-hetero) is 2. The fourth-order valence-corrected chi connectivity index (χ4v) is 1.80. The summed E-state index contributed by atoms with van der Waals surface area (Å²) >= 11 is 0. The Bertz CT molecular complexity index is 508. The van der Waals surface area contributed by atoms with Crippen molar-refractivity contribution in [3.05, 3.63) is 35.9 Å². The summed E-state index contributed by atoms with van der Waals surface area (Å²) < 4.78 is 4.66. The zero-order chi connectivity index (χ0) is 15.3. The van der Waals surface area contributed by atoms with Crippen LogP contribution < -0.4 is 5.32 Å². The smallest absolute Gasteiger partial charge is 0.325 e. The number of benzene rings is 1. The molecular formula is C15H19NO4. The number of ether oxygens (including phenoxy) is 1. The summed E-state index contributed by atoms with van der Waals surface area (Å²) in [4.78, 5) is 35.7. The van der Waals surface area contributed by atoms with Crippen molar-refractivity contribution in [2.24, 2.45) is 0 Å². The molecule has 1 N–H and O–H groups in total. The highest BCUT2D eigenvalue weighted by Gasteiger charge is 2.36. The van der Waals surface area contributed by atoms with Gasteiger partial charge in [0.15, 0.2) is 11.6 Å². The molecule has 1 atom stereocenters. The lowest BCUT2D eigenvalue weighted by Crippen LogP contribution is -2.57. The van der Waals surface area contributed by atoms with Crippen LogP contribution in [0.1, 0.15) is 31.1 Å². The molecule has 0 aliphatic carbocycles. The predicted octanol–water partition coefficient (Wildman–Crippen LogP) is 1.37. The first-order valence-corrected chi connectivity index (χ1v) is 6.25. The largest absolute Gasteiger partial charge is 0.468 e. The number of rotatable bonds is 6. The number of esters is 1. The first-order valence-electron chi connectivity index (χ1n) is 6.25. The fourth-order valence-electron chi connectivity index (χ4n) is 1.80. The third-order valence-electron chi connectivity index (χ3n) is 2.93. The molecule has 0 amide bonds. The van der Waals surface area contributed by atoms with Gasteiger partial charge in [-0.05, 0) is 20.8 Å². The van der Waals surface area contributed by atoms with Crippen LogP contribution in [-0.2, 0) is 14.3 Å². The van der Waals surface area contributed by atoms with Gasteiger partial charge in [0.25, 0.3) is 0 Å². The normalized spacial score (nSPS) is 12.6. The van der Waals surface area contributed by atoms with E-state index < -0.39 is 17.6 Å². The molecule has 0 aromatic heterocycles. The second-order valence-corrected chi connectivity index (χ2v) is 5.03. The number of hydrogen-bond acceptors (Lipinski definition) is 5. The second-order valence-electron chi connectivity index (χ2n) is 5.03. The van der Waals surface area contributed by atoms with Crippen LogP contribution in [0.3, 0.4) is 0 Å². The highest BCUT2D eigenvalue weighted by atomic mass is 16.5. The maximum atomic E-state index is 12.3. The minimum atomic E-state index is -1.13. The zero-order valence-electron chi connectivity index (χ0n) is 12.1. The Labute approximate surface area is 118 Å². The average Bonchev–Trinajstić information content (AvgIpc) is 2.43. The maximum absolute atomic E-state index is 12.3. The Morgan fingerprint density at radius 2 is 1.70 bits per heavy atom. The van der Waals surface area contributed by atoms with Crippen molar-refractivity contribution in [3.63, 3.8) is 0 Å². The van der Waals surface area contributed by atoms with Crippen LogP contribution in [0.4, 0.5) is 0 Å². The third kappa shape index (κ3) is 3.74. The van der Waals surface area contributed by atoms with Gasteiger partial charge in [0.05, 0.1) is 7.11 Å². The van der Waals surface area contributed by atoms with Gasteiger partial charge in [0, 0.05) is 5.56 Å². The van der Waals surface area contributed by atoms with E-state index in [1.54, 1.807) is 44.2 Å². The van der Waals surface area contributed by atoms with Crippen molar-refractivity contribution in [2.75, 3.05) is 7.11 Å². The number of carbonyl (C=O) groups is 3. The summed E-state index contributed by atoms with van der Waals surface area (Å²) in [5.74, 6) is -1.25. The zero-order valence-corrected chi connectivity index (χ0v) is 12.1. The topological polar surface area (TPSA) is 72.5 Å². The Hall–Kier alpha value is -2.01. The molecule has 0 spiro atoms. The van der Waals surface area contributed by atoms with Crippen molar-refractivity contribution in [1.82, 2.24) is 5.32 Å². The van der Waals surface area contributed by atoms with Gasteiger partial charge in [-0.25, -0.2) is 0 Å². The molecular weight excluding hydrogens is 258 g/mol. The molecule has 1 aromatic carbocycles. The van der Waals surface area contributed by atoms with Crippen LogP contribution in [0.5, 0.6) is 0 Å². The van der Waals surface area contributed by atoms with Crippen molar-refractivity contribution >= 4 is 17.5 Å². The van der Waals surface area contributed by atoms with E-state index in [1.165, 1.54) is 14.0 Å². The molecule has 0 radical (unpaired) electrons. The molecule has 0 aliphatic heterocycles. The molecule has 1 rings (SSSR count). The monoisotopic (exact) mass is 277 g/mol. The van der Waals surface area contributed by atoms with Gasteiger partial charge in [-0.2, -0.15) is 0 Å². The summed E-state index contributed by atoms with van der Waals surface area (Å²) in [5.41, 5.74) is -0.712. The summed E-state index contributed by atoms with van der Waals surface area (Å²) in [6.45, 7) is 4.44. The molecule has 5 nitrogen and oxygen atoms in total. The van der Waals surface area contributed by atoms with E-state index >= 15 is 0 Å². The molecule has 20 heavy (non-hydrogen) atoms. The van der Waals surface area contributed by atoms with Crippen LogP contribution in [0.15, 0.2) is 30.3 Å². The van der Waals surface area contributed by atoms with Crippen molar-refractivity contribution in [2.45, 2.75) is 32.4 Å². The van der Waals surface area contributed by atoms with E-state index in [4.69, 9.17) is 0 Å². The van der Waals surface area contributed by atoms with E-state index in [9.17, 15) is 14.4 Å². The van der Waals surface area contributed by atoms with Gasteiger partial charge >= 0.3 is 5.97 Å². The number of methoxy groups -OCH3 is 1. The van der Waals surface area contributed by atoms with Gasteiger partial charge < -0.3 is 4.74 Å². The predicted molar refractivity (Wildman–Crippen MR) is 74.5 cm³/mol. The molecule has 0 saturated carbocycles. The number of carbonyl (C=O) groups excluding carboxylic acids is 3. The molecule has 5 heteroatoms. The second kappa shape index (κ2) is 6.43. The lowest BCUT2D eigenvalue weighted by molar-refractivity contribution is -0.147. The van der Waals surface area contributed by atoms with E-state index in [0.717, 1.165) is 0 Å². The van der Waals surface area contributed by atoms with Crippen molar-refractivity contribution in [3.8, 4) is 0 Å². The molecule has 0 heterocycles. The Kier molecular flexibility index (Phi) is 5.16. The minimum Gasteiger partial charge on any atom is -0.468 e. The lowest BCUT2D eigenvalue weighted by Gasteiger charge is -2.27. The van der Waals surface area contributed by atoms with E-state index in [2.05, 4.69) is 10.1 Å². The number of ketones is 2. The van der Waals surface area contributed by atoms with Gasteiger partial charge in [-0.15, -0.1) is 0 Å². The van der Waals surface area contributed by atoms with Crippen LogP contribution >= 0.6 is 0 Å². The number of nitrogens with one attached hydrogen (secondary N) is 1. The Morgan fingerprint density at radius 3 is 2.15 bits per heavy atom. The Balaban J connectivity index is 2.99. The number of hydrogen-bond donors (Lipinski definition) is 1. The van der Waals surface area contributed by atoms with Crippen LogP contribution in [-0.4, -0.2) is 36.2 Å². The summed E-state index contributed by atoms with van der Waals surface area (Å²) in [5, 5.41) is 2.77. The third-order valence-corrected chi connectivity index (χ3v) is 2.93. The minimum absolute atomic E-state index is 0.351. The fraction of sp³-hybridized carbons (Fsp3) is 0.400. The first kappa shape index (κ1) is 16.0. The molecule has 0 bridgehead atoms. The molecule has 0 aliphatic rings. The first-order chi connectivity index (χ1) is 9.29. The quantitative estimate of drug-likeness (QED) is 0.483. The molecule has 0 saturated heterocycles. The van der Waals surface area contributed by atoms with Crippen LogP contribution in [0.25, 0.3) is 0 Å². The van der Waals surface area contributed by atoms with E-state index in [0.29, 0.717) is 5.56 Å². The molecule has 108 valence electrons. The van der Waals surface area contributed by atoms with E-state index in [1.807, 2.05) is 0 Å². The maximum Gasteiger partial charge on any atom is 0.325 e. The highest BCUT2D eigenvalue weighted by Crippen LogP contribution is 2.11. The molecule has 0 fully saturated rings. The van der Waals surface area contributed by atoms with Crippen molar-refractivity contribution in [1.29, 1.82) is 0 Å². The van der Waals surface area contributed by atoms with Crippen LogP contribution in [0, 0.1) is 0 Å². The van der Waals surface area contributed by atoms with Crippen molar-refractivity contribution < 1.29 is 19.1 Å². The van der Waals surface area contributed by atoms with Gasteiger partial charge in [-0.3, -0.25) is 19.7 Å². The summed E-state index contributed by atoms with van der Waals surface area (Å²) in [7, 11) is 1.26. The SMILES string of the molecule is COC(=O)C(C)(C)NC(C(C)=O)C(=O)c1ccccc1. The summed E-state index contributed by atoms with van der Waals surface area (Å²) in [6, 6.07) is 7.40. The van der Waals surface area contributed by atoms with Gasteiger partial charge in [0.2, 0.25) is 0 Å². The highest BCUT2D eigenvalue weighted by molar-refractivity contribution is 6.13. The summed E-state index contributed by atoms with van der Waals surface area (Å²) in [6.07, 6.45) is 0. The van der Waals surface area contributed by atoms with E-state index in [-0.39, 0.29) is 11.6 Å². The van der Waals surface area contributed by atoms with Gasteiger partial charge in [0.1, 0.15) is 11.6 Å². The van der Waals surface area contributed by atoms with Crippen LogP contribution in [0.2, 0.25) is 0 Å².